The van der Waals surface area contributed by atoms with Crippen LogP contribution in [0.15, 0.2) is 0 Å². The number of hydrogen-bond acceptors (Lipinski definition) is 5. The zero-order valence-corrected chi connectivity index (χ0v) is 11.9. The van der Waals surface area contributed by atoms with E-state index in [2.05, 4.69) is 10.3 Å². The van der Waals surface area contributed by atoms with Gasteiger partial charge in [-0.2, -0.15) is 0 Å². The second-order valence-corrected chi connectivity index (χ2v) is 5.57. The molecule has 1 amide bonds. The third kappa shape index (κ3) is 4.96. The van der Waals surface area contributed by atoms with Gasteiger partial charge in [-0.05, 0) is 25.8 Å². The highest BCUT2D eigenvalue weighted by Gasteiger charge is 2.14. The minimum absolute atomic E-state index is 0.0648. The van der Waals surface area contributed by atoms with E-state index in [4.69, 9.17) is 10.8 Å². The predicted molar refractivity (Wildman–Crippen MR) is 73.1 cm³/mol. The number of rotatable bonds is 7. The quantitative estimate of drug-likeness (QED) is 0.696. The van der Waals surface area contributed by atoms with Crippen LogP contribution in [0.4, 0.5) is 0 Å². The lowest BCUT2D eigenvalue weighted by Crippen LogP contribution is -2.23. The first-order chi connectivity index (χ1) is 8.93. The molecule has 0 aliphatic heterocycles. The Morgan fingerprint density at radius 1 is 1.53 bits per heavy atom. The molecule has 19 heavy (non-hydrogen) atoms. The first-order valence-electron chi connectivity index (χ1n) is 6.10. The monoisotopic (exact) mass is 285 g/mol. The highest BCUT2D eigenvalue weighted by molar-refractivity contribution is 7.13. The number of aromatic nitrogens is 1. The number of carboxylic acids is 1. The Hall–Kier alpha value is -1.47. The molecule has 1 unspecified atom stereocenters. The summed E-state index contributed by atoms with van der Waals surface area (Å²) in [6.45, 7) is 4.49. The van der Waals surface area contributed by atoms with Gasteiger partial charge in [0.25, 0.3) is 0 Å². The fraction of sp³-hybridized carbons (Fsp3) is 0.583. The van der Waals surface area contributed by atoms with E-state index in [0.717, 1.165) is 17.8 Å². The highest BCUT2D eigenvalue weighted by Crippen LogP contribution is 2.17. The number of nitrogens with one attached hydrogen (secondary N) is 1. The zero-order chi connectivity index (χ0) is 14.4. The molecular weight excluding hydrogens is 266 g/mol. The number of carbonyl (C=O) groups excluding carboxylic acids is 1. The van der Waals surface area contributed by atoms with Crippen LogP contribution in [0.1, 0.15) is 40.1 Å². The number of carbonyl (C=O) groups is 2. The number of amides is 1. The minimum Gasteiger partial charge on any atom is -0.477 e. The van der Waals surface area contributed by atoms with E-state index >= 15 is 0 Å². The lowest BCUT2D eigenvalue weighted by molar-refractivity contribution is -0.121. The molecule has 6 nitrogen and oxygen atoms in total. The summed E-state index contributed by atoms with van der Waals surface area (Å²) in [4.78, 5) is 26.8. The molecule has 1 aromatic heterocycles. The van der Waals surface area contributed by atoms with Crippen molar-refractivity contribution in [1.82, 2.24) is 10.3 Å². The lowest BCUT2D eigenvalue weighted by atomic mass is 10.1. The molecule has 106 valence electrons. The zero-order valence-electron chi connectivity index (χ0n) is 11.1. The van der Waals surface area contributed by atoms with E-state index in [1.807, 2.05) is 6.92 Å². The largest absolute Gasteiger partial charge is 0.477 e. The number of aryl methyl sites for hydroxylation is 1. The van der Waals surface area contributed by atoms with E-state index < -0.39 is 5.97 Å². The molecule has 0 radical (unpaired) electrons. The Morgan fingerprint density at radius 2 is 2.21 bits per heavy atom. The van der Waals surface area contributed by atoms with E-state index in [0.29, 0.717) is 29.6 Å². The molecule has 1 rings (SSSR count). The summed E-state index contributed by atoms with van der Waals surface area (Å²) in [5, 5.41) is 12.2. The van der Waals surface area contributed by atoms with Crippen LogP contribution in [0.25, 0.3) is 0 Å². The molecule has 0 aliphatic carbocycles. The van der Waals surface area contributed by atoms with Gasteiger partial charge in [-0.25, -0.2) is 9.78 Å². The first kappa shape index (κ1) is 15.6. The van der Waals surface area contributed by atoms with Crippen molar-refractivity contribution in [3.63, 3.8) is 0 Å². The van der Waals surface area contributed by atoms with Gasteiger partial charge < -0.3 is 16.2 Å². The highest BCUT2D eigenvalue weighted by atomic mass is 32.1. The molecule has 1 atom stereocenters. The van der Waals surface area contributed by atoms with Gasteiger partial charge in [0.05, 0.1) is 12.2 Å². The van der Waals surface area contributed by atoms with E-state index in [9.17, 15) is 9.59 Å². The Labute approximate surface area is 116 Å². The third-order valence-corrected chi connectivity index (χ3v) is 3.88. The van der Waals surface area contributed by atoms with Crippen LogP contribution in [0.5, 0.6) is 0 Å². The van der Waals surface area contributed by atoms with Gasteiger partial charge in [-0.1, -0.05) is 6.92 Å². The van der Waals surface area contributed by atoms with E-state index in [1.54, 1.807) is 6.92 Å². The summed E-state index contributed by atoms with van der Waals surface area (Å²) in [6.07, 6.45) is 1.17. The number of thiazole rings is 1. The Balaban J connectivity index is 2.42. The Morgan fingerprint density at radius 3 is 2.74 bits per heavy atom. The van der Waals surface area contributed by atoms with Gasteiger partial charge in [-0.3, -0.25) is 4.79 Å². The fourth-order valence-corrected chi connectivity index (χ4v) is 2.33. The molecule has 1 heterocycles. The molecule has 1 aromatic rings. The van der Waals surface area contributed by atoms with Gasteiger partial charge in [-0.15, -0.1) is 11.3 Å². The van der Waals surface area contributed by atoms with Crippen LogP contribution in [0.2, 0.25) is 0 Å². The third-order valence-electron chi connectivity index (χ3n) is 2.74. The summed E-state index contributed by atoms with van der Waals surface area (Å²) in [7, 11) is 0. The normalized spacial score (nSPS) is 12.2. The van der Waals surface area contributed by atoms with Crippen LogP contribution < -0.4 is 11.1 Å². The van der Waals surface area contributed by atoms with Crippen molar-refractivity contribution in [2.24, 2.45) is 11.7 Å². The van der Waals surface area contributed by atoms with Crippen LogP contribution in [0, 0.1) is 12.8 Å². The molecule has 0 saturated heterocycles. The van der Waals surface area contributed by atoms with E-state index in [-0.39, 0.29) is 17.3 Å². The maximum absolute atomic E-state index is 11.6. The number of carboxylic acid groups (broad SMARTS) is 1. The summed E-state index contributed by atoms with van der Waals surface area (Å²) in [5.41, 5.74) is 5.96. The van der Waals surface area contributed by atoms with Crippen molar-refractivity contribution in [2.75, 3.05) is 6.54 Å². The van der Waals surface area contributed by atoms with Crippen LogP contribution >= 0.6 is 11.3 Å². The van der Waals surface area contributed by atoms with Crippen molar-refractivity contribution < 1.29 is 14.7 Å². The first-order valence-corrected chi connectivity index (χ1v) is 6.92. The second kappa shape index (κ2) is 7.20. The number of nitrogens with two attached hydrogens (primary N) is 1. The van der Waals surface area contributed by atoms with Gasteiger partial charge in [0.1, 0.15) is 9.88 Å². The van der Waals surface area contributed by atoms with Gasteiger partial charge >= 0.3 is 5.97 Å². The lowest BCUT2D eigenvalue weighted by Gasteiger charge is -2.07. The topological polar surface area (TPSA) is 105 Å². The summed E-state index contributed by atoms with van der Waals surface area (Å²) < 4.78 is 0. The summed E-state index contributed by atoms with van der Waals surface area (Å²) in [6, 6.07) is 0. The van der Waals surface area contributed by atoms with Crippen molar-refractivity contribution >= 4 is 23.2 Å². The Bertz CT molecular complexity index is 459. The van der Waals surface area contributed by atoms with Gasteiger partial charge in [0, 0.05) is 6.42 Å². The molecule has 0 saturated carbocycles. The molecule has 0 spiro atoms. The molecule has 7 heteroatoms. The van der Waals surface area contributed by atoms with Crippen LogP contribution in [0.3, 0.4) is 0 Å². The predicted octanol–water partition coefficient (Wildman–Crippen LogP) is 1.14. The van der Waals surface area contributed by atoms with Crippen LogP contribution in [-0.2, 0) is 11.3 Å². The number of hydrogen-bond donors (Lipinski definition) is 3. The van der Waals surface area contributed by atoms with Crippen molar-refractivity contribution in [3.8, 4) is 0 Å². The van der Waals surface area contributed by atoms with E-state index in [1.165, 1.54) is 0 Å². The standard InChI is InChI=1S/C12H19N3O3S/c1-7(5-13)3-4-9(16)14-6-10-15-8(2)11(19-10)12(17)18/h7H,3-6,13H2,1-2H3,(H,14,16)(H,17,18). The molecule has 0 fully saturated rings. The molecular formula is C12H19N3O3S. The Kier molecular flexibility index (Phi) is 5.91. The maximum Gasteiger partial charge on any atom is 0.347 e. The number of nitrogens with zero attached hydrogens (tertiary/aromatic N) is 1. The van der Waals surface area contributed by atoms with Crippen LogP contribution in [-0.4, -0.2) is 28.5 Å². The molecule has 0 bridgehead atoms. The maximum atomic E-state index is 11.6. The average Bonchev–Trinajstić information content (AvgIpc) is 2.74. The summed E-state index contributed by atoms with van der Waals surface area (Å²) in [5.74, 6) is -0.721. The molecule has 0 aromatic carbocycles. The molecule has 4 N–H and O–H groups in total. The minimum atomic E-state index is -0.982. The fourth-order valence-electron chi connectivity index (χ4n) is 1.48. The molecule has 0 aliphatic rings. The van der Waals surface area contributed by atoms with Crippen molar-refractivity contribution in [3.05, 3.63) is 15.6 Å². The smallest absolute Gasteiger partial charge is 0.347 e. The summed E-state index contributed by atoms with van der Waals surface area (Å²) >= 11 is 1.09. The van der Waals surface area contributed by atoms with Crippen molar-refractivity contribution in [2.45, 2.75) is 33.2 Å². The van der Waals surface area contributed by atoms with Gasteiger partial charge in [0.2, 0.25) is 5.91 Å². The second-order valence-electron chi connectivity index (χ2n) is 4.48. The SMILES string of the molecule is Cc1nc(CNC(=O)CCC(C)CN)sc1C(=O)O. The van der Waals surface area contributed by atoms with Crippen molar-refractivity contribution in [1.29, 1.82) is 0 Å². The average molecular weight is 285 g/mol. The van der Waals surface area contributed by atoms with Gasteiger partial charge in [0.15, 0.2) is 0 Å². The number of aromatic carboxylic acids is 1.